The second-order valence-electron chi connectivity index (χ2n) is 3.74. The van der Waals surface area contributed by atoms with Gasteiger partial charge in [-0.05, 0) is 29.8 Å². The summed E-state index contributed by atoms with van der Waals surface area (Å²) >= 11 is 17.3. The lowest BCUT2D eigenvalue weighted by Gasteiger charge is -2.08. The predicted molar refractivity (Wildman–Crippen MR) is 75.2 cm³/mol. The van der Waals surface area contributed by atoms with Crippen LogP contribution in [0.15, 0.2) is 36.4 Å². The summed E-state index contributed by atoms with van der Waals surface area (Å²) in [7, 11) is 0. The van der Waals surface area contributed by atoms with Crippen LogP contribution in [0, 0.1) is 5.82 Å². The minimum atomic E-state index is -0.605. The lowest BCUT2D eigenvalue weighted by atomic mass is 10.2. The summed E-state index contributed by atoms with van der Waals surface area (Å²) in [4.78, 5) is 0. The van der Waals surface area contributed by atoms with Gasteiger partial charge in [-0.25, -0.2) is 4.39 Å². The van der Waals surface area contributed by atoms with E-state index < -0.39 is 5.82 Å². The van der Waals surface area contributed by atoms with Crippen molar-refractivity contribution in [2.24, 2.45) is 0 Å². The highest BCUT2D eigenvalue weighted by atomic mass is 35.5. The minimum Gasteiger partial charge on any atom is -0.381 e. The maximum absolute atomic E-state index is 13.2. The maximum Gasteiger partial charge on any atom is 0.160 e. The monoisotopic (exact) mass is 303 g/mol. The van der Waals surface area contributed by atoms with Crippen LogP contribution in [0.25, 0.3) is 0 Å². The number of nitrogens with one attached hydrogen (secondary N) is 1. The quantitative estimate of drug-likeness (QED) is 0.749. The van der Waals surface area contributed by atoms with Gasteiger partial charge in [0.1, 0.15) is 0 Å². The topological polar surface area (TPSA) is 12.0 Å². The molecule has 18 heavy (non-hydrogen) atoms. The Morgan fingerprint density at radius 1 is 1.00 bits per heavy atom. The fraction of sp³-hybridized carbons (Fsp3) is 0.0769. The smallest absolute Gasteiger partial charge is 0.160 e. The molecule has 0 aliphatic carbocycles. The molecule has 94 valence electrons. The molecule has 0 heterocycles. The molecule has 1 nitrogen and oxygen atoms in total. The van der Waals surface area contributed by atoms with Crippen molar-refractivity contribution in [2.75, 3.05) is 5.32 Å². The highest BCUT2D eigenvalue weighted by Crippen LogP contribution is 2.27. The second-order valence-corrected chi connectivity index (χ2v) is 4.99. The van der Waals surface area contributed by atoms with Gasteiger partial charge in [0.2, 0.25) is 0 Å². The Bertz CT molecular complexity index is 549. The molecule has 5 heteroatoms. The molecule has 0 aliphatic heterocycles. The number of hydrogen-bond donors (Lipinski definition) is 1. The first-order valence-electron chi connectivity index (χ1n) is 5.19. The van der Waals surface area contributed by atoms with Crippen molar-refractivity contribution in [3.63, 3.8) is 0 Å². The third kappa shape index (κ3) is 3.29. The van der Waals surface area contributed by atoms with Crippen LogP contribution in [0.3, 0.4) is 0 Å². The van der Waals surface area contributed by atoms with E-state index in [9.17, 15) is 4.39 Å². The zero-order chi connectivity index (χ0) is 13.1. The molecule has 0 aromatic heterocycles. The highest BCUT2D eigenvalue weighted by Gasteiger charge is 2.07. The summed E-state index contributed by atoms with van der Waals surface area (Å²) in [6.45, 7) is 0.554. The molecule has 0 saturated heterocycles. The number of anilines is 1. The molecular weight excluding hydrogens is 296 g/mol. The molecule has 2 aromatic carbocycles. The van der Waals surface area contributed by atoms with Gasteiger partial charge in [0.15, 0.2) is 5.82 Å². The zero-order valence-electron chi connectivity index (χ0n) is 9.18. The summed E-state index contributed by atoms with van der Waals surface area (Å²) in [6.07, 6.45) is 0. The van der Waals surface area contributed by atoms with E-state index in [1.165, 1.54) is 12.1 Å². The first kappa shape index (κ1) is 13.5. The van der Waals surface area contributed by atoms with Crippen LogP contribution in [0.4, 0.5) is 10.1 Å². The van der Waals surface area contributed by atoms with Gasteiger partial charge in [0.25, 0.3) is 0 Å². The lowest BCUT2D eigenvalue weighted by molar-refractivity contribution is 0.629. The average molecular weight is 305 g/mol. The van der Waals surface area contributed by atoms with Gasteiger partial charge in [0.05, 0.1) is 10.0 Å². The number of rotatable bonds is 3. The van der Waals surface area contributed by atoms with E-state index in [0.717, 1.165) is 5.56 Å². The van der Waals surface area contributed by atoms with Crippen LogP contribution in [0.2, 0.25) is 15.1 Å². The van der Waals surface area contributed by atoms with Crippen LogP contribution in [0.5, 0.6) is 0 Å². The third-order valence-corrected chi connectivity index (χ3v) is 3.15. The molecule has 0 radical (unpaired) electrons. The van der Waals surface area contributed by atoms with Gasteiger partial charge in [0, 0.05) is 17.3 Å². The number of hydrogen-bond acceptors (Lipinski definition) is 1. The molecule has 0 saturated carbocycles. The van der Waals surface area contributed by atoms with Crippen molar-refractivity contribution in [3.8, 4) is 0 Å². The summed E-state index contributed by atoms with van der Waals surface area (Å²) in [5, 5.41) is 3.77. The van der Waals surface area contributed by atoms with Gasteiger partial charge in [-0.15, -0.1) is 0 Å². The van der Waals surface area contributed by atoms with Gasteiger partial charge < -0.3 is 5.32 Å². The largest absolute Gasteiger partial charge is 0.381 e. The second kappa shape index (κ2) is 5.79. The Balaban J connectivity index is 2.11. The first-order valence-corrected chi connectivity index (χ1v) is 6.32. The molecule has 0 fully saturated rings. The first-order chi connectivity index (χ1) is 8.56. The molecule has 1 N–H and O–H groups in total. The van der Waals surface area contributed by atoms with Crippen LogP contribution in [-0.4, -0.2) is 0 Å². The van der Waals surface area contributed by atoms with Gasteiger partial charge >= 0.3 is 0 Å². The molecule has 0 aliphatic rings. The van der Waals surface area contributed by atoms with Crippen molar-refractivity contribution >= 4 is 40.5 Å². The summed E-state index contributed by atoms with van der Waals surface area (Å²) in [5.41, 5.74) is 1.67. The van der Waals surface area contributed by atoms with Crippen LogP contribution in [-0.2, 0) is 6.54 Å². The molecule has 2 aromatic rings. The Kier molecular flexibility index (Phi) is 4.33. The van der Waals surface area contributed by atoms with E-state index in [1.54, 1.807) is 6.07 Å². The van der Waals surface area contributed by atoms with E-state index in [1.807, 2.05) is 18.2 Å². The predicted octanol–water partition coefficient (Wildman–Crippen LogP) is 5.40. The number of benzene rings is 2. The SMILES string of the molecule is Fc1c(Cl)cc(NCc2cccc(Cl)c2)cc1Cl. The minimum absolute atomic E-state index is 0.00362. The Morgan fingerprint density at radius 2 is 1.67 bits per heavy atom. The zero-order valence-corrected chi connectivity index (χ0v) is 11.5. The van der Waals surface area contributed by atoms with Crippen LogP contribution in [0.1, 0.15) is 5.56 Å². The van der Waals surface area contributed by atoms with Crippen molar-refractivity contribution in [1.29, 1.82) is 0 Å². The standard InChI is InChI=1S/C13H9Cl3FN/c14-9-3-1-2-8(4-9)7-18-10-5-11(15)13(17)12(16)6-10/h1-6,18H,7H2. The Labute approximate surface area is 119 Å². The van der Waals surface area contributed by atoms with Crippen molar-refractivity contribution < 1.29 is 4.39 Å². The van der Waals surface area contributed by atoms with Crippen molar-refractivity contribution in [1.82, 2.24) is 0 Å². The molecule has 0 atom stereocenters. The fourth-order valence-corrected chi connectivity index (χ4v) is 2.21. The van der Waals surface area contributed by atoms with E-state index in [2.05, 4.69) is 5.32 Å². The lowest BCUT2D eigenvalue weighted by Crippen LogP contribution is -1.99. The Hall–Kier alpha value is -0.960. The molecule has 0 spiro atoms. The van der Waals surface area contributed by atoms with Crippen molar-refractivity contribution in [2.45, 2.75) is 6.54 Å². The van der Waals surface area contributed by atoms with Crippen LogP contribution >= 0.6 is 34.8 Å². The maximum atomic E-state index is 13.2. The fourth-order valence-electron chi connectivity index (χ4n) is 1.51. The molecule has 0 unspecified atom stereocenters. The molecule has 2 rings (SSSR count). The molecular formula is C13H9Cl3FN. The van der Waals surface area contributed by atoms with Crippen LogP contribution < -0.4 is 5.32 Å². The van der Waals surface area contributed by atoms with E-state index in [-0.39, 0.29) is 10.0 Å². The van der Waals surface area contributed by atoms with Gasteiger partial charge in [-0.1, -0.05) is 46.9 Å². The third-order valence-electron chi connectivity index (χ3n) is 2.37. The van der Waals surface area contributed by atoms with E-state index in [0.29, 0.717) is 17.3 Å². The summed E-state index contributed by atoms with van der Waals surface area (Å²) in [5.74, 6) is -0.605. The summed E-state index contributed by atoms with van der Waals surface area (Å²) in [6, 6.07) is 10.4. The average Bonchev–Trinajstić information content (AvgIpc) is 2.33. The summed E-state index contributed by atoms with van der Waals surface area (Å²) < 4.78 is 13.2. The Morgan fingerprint density at radius 3 is 2.28 bits per heavy atom. The van der Waals surface area contributed by atoms with Gasteiger partial charge in [-0.3, -0.25) is 0 Å². The molecule has 0 amide bonds. The number of halogens is 4. The molecule has 0 bridgehead atoms. The van der Waals surface area contributed by atoms with E-state index in [4.69, 9.17) is 34.8 Å². The van der Waals surface area contributed by atoms with Crippen molar-refractivity contribution in [3.05, 3.63) is 62.8 Å². The highest BCUT2D eigenvalue weighted by molar-refractivity contribution is 6.35. The van der Waals surface area contributed by atoms with E-state index >= 15 is 0 Å². The van der Waals surface area contributed by atoms with Gasteiger partial charge in [-0.2, -0.15) is 0 Å². The normalized spacial score (nSPS) is 10.4.